The van der Waals surface area contributed by atoms with Gasteiger partial charge in [0.25, 0.3) is 17.7 Å². The highest BCUT2D eigenvalue weighted by Crippen LogP contribution is 2.32. The molecule has 2 fully saturated rings. The molecule has 0 unspecified atom stereocenters. The molecule has 72 heavy (non-hydrogen) atoms. The second kappa shape index (κ2) is 27.8. The topological polar surface area (TPSA) is 202 Å². The van der Waals surface area contributed by atoms with Gasteiger partial charge in [-0.25, -0.2) is 0 Å². The van der Waals surface area contributed by atoms with E-state index in [0.29, 0.717) is 37.5 Å². The first-order valence-corrected chi connectivity index (χ1v) is 24.8. The lowest BCUT2D eigenvalue weighted by molar-refractivity contribution is -0.940. The Morgan fingerprint density at radius 3 is 1.99 bits per heavy atom. The summed E-state index contributed by atoms with van der Waals surface area (Å²) >= 11 is 0. The number of quaternary nitrogens is 1. The predicted molar refractivity (Wildman–Crippen MR) is 268 cm³/mol. The van der Waals surface area contributed by atoms with Crippen molar-refractivity contribution in [3.63, 3.8) is 0 Å². The van der Waals surface area contributed by atoms with Gasteiger partial charge in [0.05, 0.1) is 37.8 Å². The fraction of sp³-hybridized carbons (Fsp3) is 0.509. The van der Waals surface area contributed by atoms with Crippen molar-refractivity contribution in [1.29, 1.82) is 0 Å². The summed E-state index contributed by atoms with van der Waals surface area (Å²) in [5.41, 5.74) is 1.04. The molecule has 0 spiro atoms. The number of benzene rings is 3. The van der Waals surface area contributed by atoms with E-state index in [1.807, 2.05) is 74.5 Å². The number of rotatable bonds is 25. The first-order chi connectivity index (χ1) is 33.8. The SMILES string of the molecule is C#CCNC(=O)c1cc(C[N+]2(CC(=O)N(C(=O)[C@@]3(C)CO3)[C@@H](CCc3ccccc3)C(=O)N[C@@H](CC(C)C)C(=O)N[C@@H](Cc3ccccc3)C(=O)NCCC(C)C)CCOCC2)ccc1OC(=O)C(C)C.[Br-]. The number of amides is 6. The van der Waals surface area contributed by atoms with Crippen LogP contribution in [0.3, 0.4) is 0 Å². The summed E-state index contributed by atoms with van der Waals surface area (Å²) < 4.78 is 17.1. The minimum atomic E-state index is -1.39. The molecule has 0 radical (unpaired) electrons. The number of morpholine rings is 1. The zero-order valence-corrected chi connectivity index (χ0v) is 44.4. The highest BCUT2D eigenvalue weighted by Gasteiger charge is 2.54. The molecule has 0 saturated carbocycles. The third-order valence-electron chi connectivity index (χ3n) is 12.7. The van der Waals surface area contributed by atoms with Crippen LogP contribution in [0.1, 0.15) is 94.8 Å². The Balaban J connectivity index is 0.0000112. The van der Waals surface area contributed by atoms with Crippen molar-refractivity contribution in [3.05, 3.63) is 101 Å². The van der Waals surface area contributed by atoms with Crippen molar-refractivity contribution in [2.75, 3.05) is 52.5 Å². The standard InChI is InChI=1S/C55H72N6O10.BrH/c1-9-25-56-49(63)43-32-42(21-23-47(43)71-53(67)39(6)7)34-61(27-29-69-30-28-61)35-48(62)60(54(68)55(8)36-70-55)46(22-20-40-16-12-10-13-17-40)52(66)59-44(31-38(4)5)51(65)58-45(33-41-18-14-11-15-19-41)50(64)57-26-24-37(2)3;/h1,10-19,21,23,32,37-39,44-46H,20,22,24-31,33-36H2,2-8H3,(H3-,56,57,58,59,63,64,65,66);1H/t44-,45-,46-,55+;/m0./s1. The monoisotopic (exact) mass is 1060 g/mol. The maximum absolute atomic E-state index is 15.3. The van der Waals surface area contributed by atoms with Crippen molar-refractivity contribution in [3.8, 4) is 18.1 Å². The van der Waals surface area contributed by atoms with Crippen LogP contribution in [0.25, 0.3) is 0 Å². The highest BCUT2D eigenvalue weighted by atomic mass is 79.9. The van der Waals surface area contributed by atoms with Crippen molar-refractivity contribution < 1.29 is 69.2 Å². The van der Waals surface area contributed by atoms with Gasteiger partial charge in [0.15, 0.2) is 12.1 Å². The third-order valence-corrected chi connectivity index (χ3v) is 12.7. The number of hydrogen-bond acceptors (Lipinski definition) is 10. The van der Waals surface area contributed by atoms with Crippen LogP contribution >= 0.6 is 0 Å². The van der Waals surface area contributed by atoms with Gasteiger partial charge >= 0.3 is 5.97 Å². The second-order valence-corrected chi connectivity index (χ2v) is 20.1. The van der Waals surface area contributed by atoms with Crippen molar-refractivity contribution in [1.82, 2.24) is 26.2 Å². The fourth-order valence-electron chi connectivity index (χ4n) is 8.40. The Hall–Kier alpha value is -5.93. The average Bonchev–Trinajstić information content (AvgIpc) is 4.10. The Kier molecular flexibility index (Phi) is 22.6. The summed E-state index contributed by atoms with van der Waals surface area (Å²) in [5.74, 6) is -1.83. The number of terminal acetylenes is 1. The Morgan fingerprint density at radius 1 is 0.778 bits per heavy atom. The zero-order chi connectivity index (χ0) is 51.7. The van der Waals surface area contributed by atoms with E-state index in [1.165, 1.54) is 6.07 Å². The number of hydrogen-bond donors (Lipinski definition) is 4. The molecule has 6 amide bonds. The van der Waals surface area contributed by atoms with Gasteiger partial charge in [-0.05, 0) is 73.8 Å². The molecular weight excluding hydrogens is 985 g/mol. The summed E-state index contributed by atoms with van der Waals surface area (Å²) in [5, 5.41) is 11.5. The Morgan fingerprint density at radius 2 is 1.40 bits per heavy atom. The summed E-state index contributed by atoms with van der Waals surface area (Å²) in [6, 6.07) is 20.1. The number of nitrogens with one attached hydrogen (secondary N) is 4. The molecule has 16 nitrogen and oxygen atoms in total. The van der Waals surface area contributed by atoms with E-state index in [0.717, 1.165) is 22.4 Å². The van der Waals surface area contributed by atoms with Crippen LogP contribution in [0.2, 0.25) is 0 Å². The van der Waals surface area contributed by atoms with Crippen LogP contribution in [-0.4, -0.2) is 127 Å². The van der Waals surface area contributed by atoms with Gasteiger partial charge in [0.1, 0.15) is 43.5 Å². The lowest BCUT2D eigenvalue weighted by Gasteiger charge is -2.42. The lowest BCUT2D eigenvalue weighted by Crippen LogP contribution is -3.00. The van der Waals surface area contributed by atoms with E-state index < -0.39 is 65.1 Å². The van der Waals surface area contributed by atoms with E-state index in [2.05, 4.69) is 41.0 Å². The van der Waals surface area contributed by atoms with E-state index in [9.17, 15) is 24.0 Å². The molecule has 3 aromatic carbocycles. The largest absolute Gasteiger partial charge is 1.00 e. The number of carbonyl (C=O) groups is 7. The number of epoxide rings is 1. The minimum absolute atomic E-state index is 0. The molecule has 4 atom stereocenters. The van der Waals surface area contributed by atoms with E-state index in [1.54, 1.807) is 32.9 Å². The Bertz CT molecular complexity index is 2360. The number of ether oxygens (including phenoxy) is 3. The first kappa shape index (κ1) is 58.6. The van der Waals surface area contributed by atoms with Crippen LogP contribution in [-0.2, 0) is 57.6 Å². The molecule has 0 aromatic heterocycles. The number of nitrogens with zero attached hydrogens (tertiary/aromatic N) is 2. The molecule has 4 N–H and O–H groups in total. The van der Waals surface area contributed by atoms with Crippen molar-refractivity contribution in [2.24, 2.45) is 17.8 Å². The second-order valence-electron chi connectivity index (χ2n) is 20.1. The predicted octanol–water partition coefficient (Wildman–Crippen LogP) is 1.53. The van der Waals surface area contributed by atoms with E-state index >= 15 is 9.59 Å². The van der Waals surface area contributed by atoms with Gasteiger partial charge in [-0.15, -0.1) is 6.42 Å². The van der Waals surface area contributed by atoms with Gasteiger partial charge in [-0.1, -0.05) is 108 Å². The smallest absolute Gasteiger partial charge is 0.313 e. The maximum Gasteiger partial charge on any atom is 0.313 e. The van der Waals surface area contributed by atoms with Crippen LogP contribution < -0.4 is 43.0 Å². The van der Waals surface area contributed by atoms with Crippen molar-refractivity contribution >= 4 is 41.4 Å². The average molecular weight is 1060 g/mol. The summed E-state index contributed by atoms with van der Waals surface area (Å²) in [7, 11) is 0. The number of halogens is 1. The van der Waals surface area contributed by atoms with Gasteiger partial charge < -0.3 is 56.9 Å². The molecule has 0 bridgehead atoms. The normalized spacial score (nSPS) is 17.0. The zero-order valence-electron chi connectivity index (χ0n) is 42.8. The molecule has 390 valence electrons. The van der Waals surface area contributed by atoms with E-state index in [4.69, 9.17) is 20.6 Å². The Labute approximate surface area is 435 Å². The van der Waals surface area contributed by atoms with Crippen molar-refractivity contribution in [2.45, 2.75) is 111 Å². The molecule has 3 aromatic rings. The highest BCUT2D eigenvalue weighted by molar-refractivity contribution is 6.05. The summed E-state index contributed by atoms with van der Waals surface area (Å²) in [6.45, 7) is 14.5. The molecule has 5 rings (SSSR count). The quantitative estimate of drug-likeness (QED) is 0.0317. The maximum atomic E-state index is 15.3. The van der Waals surface area contributed by atoms with Crippen LogP contribution in [0, 0.1) is 30.1 Å². The van der Waals surface area contributed by atoms with Gasteiger partial charge in [-0.3, -0.25) is 38.5 Å². The van der Waals surface area contributed by atoms with Crippen LogP contribution in [0.5, 0.6) is 5.75 Å². The van der Waals surface area contributed by atoms with Crippen LogP contribution in [0.15, 0.2) is 78.9 Å². The summed E-state index contributed by atoms with van der Waals surface area (Å²) in [4.78, 5) is 100. The van der Waals surface area contributed by atoms with Crippen LogP contribution in [0.4, 0.5) is 0 Å². The van der Waals surface area contributed by atoms with Gasteiger partial charge in [0, 0.05) is 18.5 Å². The summed E-state index contributed by atoms with van der Waals surface area (Å²) in [6.07, 6.45) is 6.90. The van der Waals surface area contributed by atoms with E-state index in [-0.39, 0.29) is 103 Å². The fourth-order valence-corrected chi connectivity index (χ4v) is 8.40. The molecule has 2 aliphatic rings. The molecule has 17 heteroatoms. The number of aryl methyl sites for hydroxylation is 1. The molecule has 0 aliphatic carbocycles. The molecular formula is C55H73BrN6O10. The lowest BCUT2D eigenvalue weighted by atomic mass is 9.98. The first-order valence-electron chi connectivity index (χ1n) is 24.8. The van der Waals surface area contributed by atoms with Gasteiger partial charge in [0.2, 0.25) is 17.7 Å². The van der Waals surface area contributed by atoms with Gasteiger partial charge in [-0.2, -0.15) is 0 Å². The third kappa shape index (κ3) is 17.4. The molecule has 2 heterocycles. The molecule has 2 aliphatic heterocycles. The number of carbonyl (C=O) groups excluding carboxylic acids is 7. The number of imide groups is 1. The number of esters is 1. The minimum Gasteiger partial charge on any atom is -1.00 e. The molecule has 2 saturated heterocycles.